The summed E-state index contributed by atoms with van der Waals surface area (Å²) in [5.74, 6) is 0.0704. The molecule has 0 fully saturated rings. The van der Waals surface area contributed by atoms with Crippen LogP contribution in [-0.2, 0) is 11.2 Å². The minimum atomic E-state index is -0.525. The van der Waals surface area contributed by atoms with Crippen LogP contribution in [0.25, 0.3) is 22.2 Å². The number of amidine groups is 2. The highest BCUT2D eigenvalue weighted by atomic mass is 16.5. The predicted octanol–water partition coefficient (Wildman–Crippen LogP) is 2.86. The third kappa shape index (κ3) is 4.69. The van der Waals surface area contributed by atoms with Gasteiger partial charge in [0.1, 0.15) is 17.4 Å². The lowest BCUT2D eigenvalue weighted by atomic mass is 9.97. The number of amides is 1. The lowest BCUT2D eigenvalue weighted by Crippen LogP contribution is -2.19. The van der Waals surface area contributed by atoms with Crippen molar-refractivity contribution in [3.8, 4) is 17.0 Å². The van der Waals surface area contributed by atoms with Gasteiger partial charge in [-0.1, -0.05) is 48.5 Å². The highest BCUT2D eigenvalue weighted by Gasteiger charge is 2.15. The van der Waals surface area contributed by atoms with Crippen LogP contribution in [0.1, 0.15) is 22.3 Å². The predicted molar refractivity (Wildman–Crippen MR) is 130 cm³/mol. The Labute approximate surface area is 190 Å². The monoisotopic (exact) mass is 440 g/mol. The zero-order chi connectivity index (χ0) is 23.5. The van der Waals surface area contributed by atoms with Crippen molar-refractivity contribution < 1.29 is 9.53 Å². The van der Waals surface area contributed by atoms with Crippen molar-refractivity contribution in [3.05, 3.63) is 89.0 Å². The van der Waals surface area contributed by atoms with E-state index in [4.69, 9.17) is 32.8 Å². The van der Waals surface area contributed by atoms with E-state index in [2.05, 4.69) is 4.98 Å². The fourth-order valence-electron chi connectivity index (χ4n) is 3.73. The molecule has 0 saturated heterocycles. The second-order valence-corrected chi connectivity index (χ2v) is 7.72. The van der Waals surface area contributed by atoms with Gasteiger partial charge in [-0.15, -0.1) is 0 Å². The van der Waals surface area contributed by atoms with Gasteiger partial charge in [-0.25, -0.2) is 0 Å². The molecule has 3 aromatic carbocycles. The lowest BCUT2D eigenvalue weighted by Gasteiger charge is -2.08. The summed E-state index contributed by atoms with van der Waals surface area (Å²) in [5, 5.41) is 16.4. The highest BCUT2D eigenvalue weighted by molar-refractivity contribution is 6.01. The van der Waals surface area contributed by atoms with E-state index in [9.17, 15) is 4.79 Å². The van der Waals surface area contributed by atoms with E-state index in [1.54, 1.807) is 0 Å². The van der Waals surface area contributed by atoms with Gasteiger partial charge in [0.2, 0.25) is 0 Å². The van der Waals surface area contributed by atoms with Gasteiger partial charge < -0.3 is 26.9 Å². The van der Waals surface area contributed by atoms with Crippen molar-refractivity contribution in [2.45, 2.75) is 6.42 Å². The number of hydrogen-bond donors (Lipinski definition) is 6. The first-order valence-electron chi connectivity index (χ1n) is 10.3. The van der Waals surface area contributed by atoms with E-state index in [0.29, 0.717) is 23.3 Å². The average Bonchev–Trinajstić information content (AvgIpc) is 3.16. The van der Waals surface area contributed by atoms with Crippen LogP contribution in [0.5, 0.6) is 5.75 Å². The van der Waals surface area contributed by atoms with Gasteiger partial charge in [-0.3, -0.25) is 15.6 Å². The Balaban J connectivity index is 1.74. The Hall–Kier alpha value is -4.59. The van der Waals surface area contributed by atoms with Gasteiger partial charge in [0.05, 0.1) is 5.69 Å². The maximum absolute atomic E-state index is 10.9. The number of nitrogen functional groups attached to an aromatic ring is 2. The molecule has 0 aliphatic rings. The second-order valence-electron chi connectivity index (χ2n) is 7.72. The third-order valence-corrected chi connectivity index (χ3v) is 5.39. The maximum atomic E-state index is 10.9. The Kier molecular flexibility index (Phi) is 5.82. The first-order chi connectivity index (χ1) is 15.8. The van der Waals surface area contributed by atoms with Crippen LogP contribution in [0.3, 0.4) is 0 Å². The summed E-state index contributed by atoms with van der Waals surface area (Å²) in [6, 6.07) is 20.7. The summed E-state index contributed by atoms with van der Waals surface area (Å²) in [4.78, 5) is 14.4. The molecule has 1 aromatic heterocycles. The first kappa shape index (κ1) is 21.6. The Bertz CT molecular complexity index is 1350. The molecule has 0 spiro atoms. The molecule has 9 N–H and O–H groups in total. The molecular weight excluding hydrogens is 416 g/mol. The summed E-state index contributed by atoms with van der Waals surface area (Å²) >= 11 is 0. The van der Waals surface area contributed by atoms with Gasteiger partial charge in [-0.05, 0) is 34.9 Å². The maximum Gasteiger partial charge on any atom is 0.255 e. The van der Waals surface area contributed by atoms with Crippen molar-refractivity contribution in [1.29, 1.82) is 10.8 Å². The molecule has 1 heterocycles. The van der Waals surface area contributed by atoms with E-state index in [-0.39, 0.29) is 18.3 Å². The van der Waals surface area contributed by atoms with Crippen LogP contribution in [0.4, 0.5) is 0 Å². The second kappa shape index (κ2) is 8.88. The fourth-order valence-corrected chi connectivity index (χ4v) is 3.73. The van der Waals surface area contributed by atoms with Crippen molar-refractivity contribution in [2.75, 3.05) is 6.61 Å². The molecule has 0 aliphatic carbocycles. The van der Waals surface area contributed by atoms with Crippen LogP contribution < -0.4 is 21.9 Å². The van der Waals surface area contributed by atoms with Gasteiger partial charge in [0, 0.05) is 28.5 Å². The summed E-state index contributed by atoms with van der Waals surface area (Å²) in [6.45, 7) is -0.166. The zero-order valence-corrected chi connectivity index (χ0v) is 17.8. The summed E-state index contributed by atoms with van der Waals surface area (Å²) in [6.07, 6.45) is 0.638. The topological polar surface area (TPSA) is 168 Å². The van der Waals surface area contributed by atoms with Crippen LogP contribution in [0, 0.1) is 10.8 Å². The Morgan fingerprint density at radius 3 is 2.09 bits per heavy atom. The molecule has 1 amide bonds. The van der Waals surface area contributed by atoms with Crippen molar-refractivity contribution in [3.63, 3.8) is 0 Å². The quantitative estimate of drug-likeness (QED) is 0.183. The summed E-state index contributed by atoms with van der Waals surface area (Å²) in [5.41, 5.74) is 22.6. The number of aromatic nitrogens is 1. The van der Waals surface area contributed by atoms with E-state index in [0.717, 1.165) is 33.3 Å². The Morgan fingerprint density at radius 2 is 1.48 bits per heavy atom. The van der Waals surface area contributed by atoms with Gasteiger partial charge >= 0.3 is 0 Å². The van der Waals surface area contributed by atoms with Gasteiger partial charge in [-0.2, -0.15) is 0 Å². The number of carbonyl (C=O) groups is 1. The van der Waals surface area contributed by atoms with E-state index >= 15 is 0 Å². The van der Waals surface area contributed by atoms with Gasteiger partial charge in [0.15, 0.2) is 6.61 Å². The number of hydrogen-bond acceptors (Lipinski definition) is 4. The number of nitrogens with one attached hydrogen (secondary N) is 3. The number of aromatic amines is 1. The molecule has 4 aromatic rings. The van der Waals surface area contributed by atoms with Crippen molar-refractivity contribution in [2.24, 2.45) is 17.2 Å². The fraction of sp³-hybridized carbons (Fsp3) is 0.0800. The minimum absolute atomic E-state index is 0.00645. The number of rotatable bonds is 8. The molecule has 33 heavy (non-hydrogen) atoms. The summed E-state index contributed by atoms with van der Waals surface area (Å²) in [7, 11) is 0. The van der Waals surface area contributed by atoms with Crippen molar-refractivity contribution >= 4 is 28.5 Å². The molecule has 0 atom stereocenters. The standard InChI is InChI=1S/C25H24N6O2/c26-22(32)13-33-18-8-1-14(2-9-18)11-20-19-10-7-17(25(29)30)12-21(19)31-23(20)15-3-5-16(6-4-15)24(27)28/h1-10,12,31H,11,13H2,(H2,26,32)(H3,27,28)(H3,29,30). The van der Waals surface area contributed by atoms with Crippen LogP contribution in [-0.4, -0.2) is 29.2 Å². The third-order valence-electron chi connectivity index (χ3n) is 5.39. The molecule has 8 heteroatoms. The molecular formula is C25H24N6O2. The SMILES string of the molecule is N=C(N)c1ccc(-c2[nH]c3cc(C(=N)N)ccc3c2Cc2ccc(OCC(N)=O)cc2)cc1. The zero-order valence-electron chi connectivity index (χ0n) is 17.8. The normalized spacial score (nSPS) is 10.8. The molecule has 4 rings (SSSR count). The van der Waals surface area contributed by atoms with Crippen molar-refractivity contribution in [1.82, 2.24) is 4.98 Å². The van der Waals surface area contributed by atoms with Crippen LogP contribution in [0.2, 0.25) is 0 Å². The Morgan fingerprint density at radius 1 is 0.848 bits per heavy atom. The van der Waals surface area contributed by atoms with E-state index in [1.165, 1.54) is 0 Å². The van der Waals surface area contributed by atoms with E-state index in [1.807, 2.05) is 66.7 Å². The molecule has 0 unspecified atom stereocenters. The summed E-state index contributed by atoms with van der Waals surface area (Å²) < 4.78 is 5.35. The first-order valence-corrected chi connectivity index (χ1v) is 10.3. The molecule has 0 saturated carbocycles. The number of nitrogens with two attached hydrogens (primary N) is 3. The minimum Gasteiger partial charge on any atom is -0.484 e. The highest BCUT2D eigenvalue weighted by Crippen LogP contribution is 2.33. The largest absolute Gasteiger partial charge is 0.484 e. The average molecular weight is 441 g/mol. The number of H-pyrrole nitrogens is 1. The molecule has 0 radical (unpaired) electrons. The number of primary amides is 1. The van der Waals surface area contributed by atoms with Gasteiger partial charge in [0.25, 0.3) is 5.91 Å². The van der Waals surface area contributed by atoms with E-state index < -0.39 is 5.91 Å². The smallest absolute Gasteiger partial charge is 0.255 e. The number of carbonyl (C=O) groups excluding carboxylic acids is 1. The van der Waals surface area contributed by atoms with Crippen LogP contribution >= 0.6 is 0 Å². The molecule has 166 valence electrons. The molecule has 8 nitrogen and oxygen atoms in total. The van der Waals surface area contributed by atoms with Crippen LogP contribution in [0.15, 0.2) is 66.7 Å². The molecule has 0 bridgehead atoms. The molecule has 0 aliphatic heterocycles. The number of benzene rings is 3. The number of fused-ring (bicyclic) bond motifs is 1. The number of ether oxygens (including phenoxy) is 1. The lowest BCUT2D eigenvalue weighted by molar-refractivity contribution is -0.119.